The Morgan fingerprint density at radius 3 is 2.87 bits per heavy atom. The van der Waals surface area contributed by atoms with Crippen LogP contribution in [0.5, 0.6) is 0 Å². The molecule has 3 heteroatoms. The van der Waals surface area contributed by atoms with E-state index < -0.39 is 0 Å². The third-order valence-corrected chi connectivity index (χ3v) is 3.59. The molecule has 0 saturated carbocycles. The van der Waals surface area contributed by atoms with E-state index in [4.69, 9.17) is 4.74 Å². The summed E-state index contributed by atoms with van der Waals surface area (Å²) < 4.78 is 5.28. The molecule has 0 radical (unpaired) electrons. The Bertz CT molecular complexity index is 184. The minimum absolute atomic E-state index is 0.504. The van der Waals surface area contributed by atoms with Crippen LogP contribution in [0, 0.1) is 5.41 Å². The minimum Gasteiger partial charge on any atom is -0.380 e. The molecule has 0 atom stereocenters. The highest BCUT2D eigenvalue weighted by Gasteiger charge is 2.32. The fraction of sp³-hybridized carbons (Fsp3) is 1.00. The molecule has 2 fully saturated rings. The molecule has 0 amide bonds. The van der Waals surface area contributed by atoms with Gasteiger partial charge in [0.2, 0.25) is 0 Å². The van der Waals surface area contributed by atoms with Crippen molar-refractivity contribution in [1.82, 2.24) is 10.2 Å². The number of hydrogen-bond acceptors (Lipinski definition) is 3. The average Bonchev–Trinajstić information content (AvgIpc) is 2.44. The summed E-state index contributed by atoms with van der Waals surface area (Å²) in [4.78, 5) is 2.60. The van der Waals surface area contributed by atoms with E-state index in [9.17, 15) is 0 Å². The Morgan fingerprint density at radius 2 is 2.13 bits per heavy atom. The molecule has 15 heavy (non-hydrogen) atoms. The minimum atomic E-state index is 0.504. The first-order chi connectivity index (χ1) is 7.29. The highest BCUT2D eigenvalue weighted by molar-refractivity contribution is 4.81. The molecule has 88 valence electrons. The second kappa shape index (κ2) is 5.28. The largest absolute Gasteiger partial charge is 0.380 e. The molecule has 0 bridgehead atoms. The summed E-state index contributed by atoms with van der Waals surface area (Å²) in [5.74, 6) is 0. The quantitative estimate of drug-likeness (QED) is 0.755. The van der Waals surface area contributed by atoms with Gasteiger partial charge in [0, 0.05) is 18.5 Å². The van der Waals surface area contributed by atoms with Crippen molar-refractivity contribution in [2.24, 2.45) is 5.41 Å². The van der Waals surface area contributed by atoms with Crippen molar-refractivity contribution >= 4 is 0 Å². The van der Waals surface area contributed by atoms with Crippen molar-refractivity contribution in [3.05, 3.63) is 0 Å². The standard InChI is InChI=1S/C12H24N2O/c1-12(10-15-11-12)4-2-7-14-8-3-5-13-6-9-14/h13H,2-11H2,1H3. The van der Waals surface area contributed by atoms with Gasteiger partial charge in [-0.2, -0.15) is 0 Å². The summed E-state index contributed by atoms with van der Waals surface area (Å²) in [6, 6.07) is 0. The van der Waals surface area contributed by atoms with Crippen LogP contribution in [-0.2, 0) is 4.74 Å². The van der Waals surface area contributed by atoms with Crippen molar-refractivity contribution in [3.8, 4) is 0 Å². The summed E-state index contributed by atoms with van der Waals surface area (Å²) in [5.41, 5.74) is 0.504. The van der Waals surface area contributed by atoms with E-state index >= 15 is 0 Å². The fourth-order valence-corrected chi connectivity index (χ4v) is 2.45. The lowest BCUT2D eigenvalue weighted by Gasteiger charge is -2.38. The average molecular weight is 212 g/mol. The van der Waals surface area contributed by atoms with E-state index in [2.05, 4.69) is 17.1 Å². The number of nitrogens with zero attached hydrogens (tertiary/aromatic N) is 1. The summed E-state index contributed by atoms with van der Waals surface area (Å²) in [7, 11) is 0. The second-order valence-corrected chi connectivity index (χ2v) is 5.35. The van der Waals surface area contributed by atoms with E-state index in [0.717, 1.165) is 13.2 Å². The van der Waals surface area contributed by atoms with Crippen LogP contribution in [0.4, 0.5) is 0 Å². The zero-order valence-corrected chi connectivity index (χ0v) is 9.93. The molecule has 2 aliphatic heterocycles. The summed E-state index contributed by atoms with van der Waals surface area (Å²) in [5, 5.41) is 3.44. The molecule has 3 nitrogen and oxygen atoms in total. The van der Waals surface area contributed by atoms with Gasteiger partial charge in [0.1, 0.15) is 0 Å². The van der Waals surface area contributed by atoms with E-state index in [0.29, 0.717) is 5.41 Å². The zero-order valence-electron chi connectivity index (χ0n) is 9.93. The highest BCUT2D eigenvalue weighted by atomic mass is 16.5. The van der Waals surface area contributed by atoms with Crippen molar-refractivity contribution in [1.29, 1.82) is 0 Å². The lowest BCUT2D eigenvalue weighted by molar-refractivity contribution is -0.107. The van der Waals surface area contributed by atoms with Crippen molar-refractivity contribution in [3.63, 3.8) is 0 Å². The molecule has 0 aromatic rings. The monoisotopic (exact) mass is 212 g/mol. The Labute approximate surface area is 93.2 Å². The molecule has 0 aromatic heterocycles. The first kappa shape index (κ1) is 11.4. The van der Waals surface area contributed by atoms with Gasteiger partial charge in [0.15, 0.2) is 0 Å². The maximum absolute atomic E-state index is 5.28. The zero-order chi connectivity index (χ0) is 10.6. The third-order valence-electron chi connectivity index (χ3n) is 3.59. The van der Waals surface area contributed by atoms with Crippen LogP contribution in [0.25, 0.3) is 0 Å². The Morgan fingerprint density at radius 1 is 1.27 bits per heavy atom. The predicted octanol–water partition coefficient (Wildman–Crippen LogP) is 1.10. The first-order valence-corrected chi connectivity index (χ1v) is 6.29. The van der Waals surface area contributed by atoms with Gasteiger partial charge in [-0.05, 0) is 38.9 Å². The first-order valence-electron chi connectivity index (χ1n) is 6.29. The van der Waals surface area contributed by atoms with Crippen LogP contribution in [0.2, 0.25) is 0 Å². The van der Waals surface area contributed by atoms with Crippen molar-refractivity contribution in [2.45, 2.75) is 26.2 Å². The van der Waals surface area contributed by atoms with Crippen LogP contribution >= 0.6 is 0 Å². The van der Waals surface area contributed by atoms with Gasteiger partial charge in [-0.1, -0.05) is 6.92 Å². The highest BCUT2D eigenvalue weighted by Crippen LogP contribution is 2.31. The van der Waals surface area contributed by atoms with Gasteiger partial charge in [-0.15, -0.1) is 0 Å². The van der Waals surface area contributed by atoms with Crippen molar-refractivity contribution < 1.29 is 4.74 Å². The Hall–Kier alpha value is -0.120. The van der Waals surface area contributed by atoms with E-state index in [-0.39, 0.29) is 0 Å². The van der Waals surface area contributed by atoms with Gasteiger partial charge in [-0.25, -0.2) is 0 Å². The summed E-state index contributed by atoms with van der Waals surface area (Å²) in [6.07, 6.45) is 3.97. The maximum atomic E-state index is 5.28. The molecule has 1 N–H and O–H groups in total. The van der Waals surface area contributed by atoms with Gasteiger partial charge < -0.3 is 15.0 Å². The van der Waals surface area contributed by atoms with Crippen LogP contribution in [0.3, 0.4) is 0 Å². The normalized spacial score (nSPS) is 27.0. The van der Waals surface area contributed by atoms with E-state index in [1.54, 1.807) is 0 Å². The topological polar surface area (TPSA) is 24.5 Å². The molecule has 0 spiro atoms. The van der Waals surface area contributed by atoms with Crippen LogP contribution in [0.1, 0.15) is 26.2 Å². The van der Waals surface area contributed by atoms with Crippen LogP contribution in [0.15, 0.2) is 0 Å². The molecular weight excluding hydrogens is 188 g/mol. The Kier molecular flexibility index (Phi) is 4.00. The second-order valence-electron chi connectivity index (χ2n) is 5.35. The maximum Gasteiger partial charge on any atom is 0.0542 e. The number of rotatable bonds is 4. The molecule has 2 rings (SSSR count). The lowest BCUT2D eigenvalue weighted by Crippen LogP contribution is -2.40. The summed E-state index contributed by atoms with van der Waals surface area (Å²) >= 11 is 0. The molecule has 0 aromatic carbocycles. The summed E-state index contributed by atoms with van der Waals surface area (Å²) in [6.45, 7) is 10.5. The molecule has 2 aliphatic rings. The molecule has 0 aliphatic carbocycles. The molecule has 0 unspecified atom stereocenters. The van der Waals surface area contributed by atoms with Gasteiger partial charge in [0.05, 0.1) is 13.2 Å². The van der Waals surface area contributed by atoms with Gasteiger partial charge >= 0.3 is 0 Å². The predicted molar refractivity (Wildman–Crippen MR) is 62.1 cm³/mol. The SMILES string of the molecule is CC1(CCCN2CCCNCC2)COC1. The van der Waals surface area contributed by atoms with E-state index in [1.807, 2.05) is 0 Å². The number of ether oxygens (including phenoxy) is 1. The fourth-order valence-electron chi connectivity index (χ4n) is 2.45. The number of nitrogens with one attached hydrogen (secondary N) is 1. The van der Waals surface area contributed by atoms with E-state index in [1.165, 1.54) is 52.0 Å². The molecular formula is C12H24N2O. The van der Waals surface area contributed by atoms with Gasteiger partial charge in [-0.3, -0.25) is 0 Å². The Balaban J connectivity index is 1.59. The molecule has 2 heterocycles. The smallest absolute Gasteiger partial charge is 0.0542 e. The van der Waals surface area contributed by atoms with Crippen molar-refractivity contribution in [2.75, 3.05) is 45.9 Å². The molecule has 2 saturated heterocycles. The lowest BCUT2D eigenvalue weighted by atomic mass is 9.84. The van der Waals surface area contributed by atoms with Crippen LogP contribution in [-0.4, -0.2) is 50.8 Å². The third kappa shape index (κ3) is 3.44. The van der Waals surface area contributed by atoms with Crippen LogP contribution < -0.4 is 5.32 Å². The number of hydrogen-bond donors (Lipinski definition) is 1. The van der Waals surface area contributed by atoms with Gasteiger partial charge in [0.25, 0.3) is 0 Å².